The number of nitrogens with one attached hydrogen (secondary N) is 1. The molecular weight excluding hydrogens is 130 g/mol. The zero-order chi connectivity index (χ0) is 7.40. The molecule has 3 heteroatoms. The van der Waals surface area contributed by atoms with Crippen molar-refractivity contribution in [2.45, 2.75) is 31.3 Å². The molecule has 0 bridgehead atoms. The van der Waals surface area contributed by atoms with Gasteiger partial charge in [0.05, 0.1) is 6.61 Å². The van der Waals surface area contributed by atoms with Gasteiger partial charge in [-0.3, -0.25) is 0 Å². The Bertz CT molecular complexity index is 93.6. The van der Waals surface area contributed by atoms with E-state index in [-0.39, 0.29) is 19.3 Å². The molecule has 3 N–H and O–H groups in total. The minimum Gasteiger partial charge on any atom is -0.396 e. The molecule has 1 fully saturated rings. The summed E-state index contributed by atoms with van der Waals surface area (Å²) in [4.78, 5) is 0. The molecule has 0 aromatic heterocycles. The molecule has 1 aliphatic carbocycles. The second-order valence-corrected chi connectivity index (χ2v) is 2.83. The van der Waals surface area contributed by atoms with Crippen LogP contribution in [0.4, 0.5) is 0 Å². The number of hydrogen-bond donors (Lipinski definition) is 3. The Morgan fingerprint density at radius 3 is 2.50 bits per heavy atom. The molecule has 1 aliphatic rings. The summed E-state index contributed by atoms with van der Waals surface area (Å²) in [5.74, 6) is 0. The molecule has 0 heterocycles. The quantitative estimate of drug-likeness (QED) is 0.488. The molecule has 0 spiro atoms. The lowest BCUT2D eigenvalue weighted by molar-refractivity contribution is 0.199. The normalized spacial score (nSPS) is 21.0. The molecule has 0 aliphatic heterocycles. The van der Waals surface area contributed by atoms with Crippen molar-refractivity contribution >= 4 is 0 Å². The maximum absolute atomic E-state index is 8.76. The highest BCUT2D eigenvalue weighted by Crippen LogP contribution is 2.19. The third-order valence-corrected chi connectivity index (χ3v) is 1.75. The predicted octanol–water partition coefficient (Wildman–Crippen LogP) is -0.518. The van der Waals surface area contributed by atoms with Gasteiger partial charge in [-0.2, -0.15) is 0 Å². The van der Waals surface area contributed by atoms with Crippen LogP contribution in [0.5, 0.6) is 0 Å². The van der Waals surface area contributed by atoms with Crippen molar-refractivity contribution in [1.82, 2.24) is 5.32 Å². The van der Waals surface area contributed by atoms with E-state index in [4.69, 9.17) is 10.2 Å². The molecule has 10 heavy (non-hydrogen) atoms. The Hall–Kier alpha value is -0.120. The van der Waals surface area contributed by atoms with Gasteiger partial charge < -0.3 is 15.5 Å². The Labute approximate surface area is 61.1 Å². The summed E-state index contributed by atoms with van der Waals surface area (Å²) >= 11 is 0. The molecule has 1 rings (SSSR count). The van der Waals surface area contributed by atoms with Crippen LogP contribution in [0.3, 0.4) is 0 Å². The Balaban J connectivity index is 2.05. The lowest BCUT2D eigenvalue weighted by atomic mass is 10.2. The van der Waals surface area contributed by atoms with Crippen molar-refractivity contribution in [2.24, 2.45) is 0 Å². The number of rotatable bonds is 5. The summed E-state index contributed by atoms with van der Waals surface area (Å²) in [7, 11) is 0. The van der Waals surface area contributed by atoms with Gasteiger partial charge in [-0.15, -0.1) is 0 Å². The number of hydrogen-bond acceptors (Lipinski definition) is 3. The van der Waals surface area contributed by atoms with Crippen LogP contribution in [0.1, 0.15) is 19.3 Å². The fourth-order valence-electron chi connectivity index (χ4n) is 0.966. The first-order chi connectivity index (χ1) is 4.86. The van der Waals surface area contributed by atoms with Crippen molar-refractivity contribution < 1.29 is 10.2 Å². The van der Waals surface area contributed by atoms with Gasteiger partial charge in [0.25, 0.3) is 0 Å². The third kappa shape index (κ3) is 2.64. The van der Waals surface area contributed by atoms with Crippen LogP contribution < -0.4 is 5.32 Å². The maximum Gasteiger partial charge on any atom is 0.0585 e. The predicted molar refractivity (Wildman–Crippen MR) is 38.7 cm³/mol. The summed E-state index contributed by atoms with van der Waals surface area (Å²) in [6.45, 7) is 0.294. The summed E-state index contributed by atoms with van der Waals surface area (Å²) < 4.78 is 0. The van der Waals surface area contributed by atoms with Crippen LogP contribution in [-0.2, 0) is 0 Å². The van der Waals surface area contributed by atoms with Crippen molar-refractivity contribution in [2.75, 3.05) is 13.2 Å². The highest BCUT2D eigenvalue weighted by atomic mass is 16.3. The molecule has 0 saturated heterocycles. The van der Waals surface area contributed by atoms with Gasteiger partial charge in [0.2, 0.25) is 0 Å². The van der Waals surface area contributed by atoms with Gasteiger partial charge in [-0.05, 0) is 19.3 Å². The Kier molecular flexibility index (Phi) is 3.12. The fourth-order valence-corrected chi connectivity index (χ4v) is 0.966. The van der Waals surface area contributed by atoms with E-state index in [1.165, 1.54) is 12.8 Å². The molecule has 1 saturated carbocycles. The van der Waals surface area contributed by atoms with Crippen molar-refractivity contribution in [3.63, 3.8) is 0 Å². The number of aliphatic hydroxyl groups is 2. The standard InChI is InChI=1S/C7H15NO2/c9-4-3-7(5-10)8-6-1-2-6/h6-10H,1-5H2. The molecule has 1 atom stereocenters. The topological polar surface area (TPSA) is 52.5 Å². The highest BCUT2D eigenvalue weighted by molar-refractivity contribution is 4.84. The first-order valence-electron chi connectivity index (χ1n) is 3.84. The van der Waals surface area contributed by atoms with Gasteiger partial charge in [0.15, 0.2) is 0 Å². The molecule has 3 nitrogen and oxygen atoms in total. The van der Waals surface area contributed by atoms with Crippen molar-refractivity contribution in [3.05, 3.63) is 0 Å². The lowest BCUT2D eigenvalue weighted by Crippen LogP contribution is -2.34. The fraction of sp³-hybridized carbons (Fsp3) is 1.00. The van der Waals surface area contributed by atoms with E-state index in [1.54, 1.807) is 0 Å². The van der Waals surface area contributed by atoms with Crippen LogP contribution in [0.15, 0.2) is 0 Å². The van der Waals surface area contributed by atoms with Crippen LogP contribution in [0.25, 0.3) is 0 Å². The summed E-state index contributed by atoms with van der Waals surface area (Å²) in [5.41, 5.74) is 0. The molecule has 0 aromatic carbocycles. The van der Waals surface area contributed by atoms with Gasteiger partial charge in [-0.25, -0.2) is 0 Å². The summed E-state index contributed by atoms with van der Waals surface area (Å²) in [5, 5.41) is 20.5. The van der Waals surface area contributed by atoms with E-state index in [0.717, 1.165) is 0 Å². The van der Waals surface area contributed by atoms with Gasteiger partial charge in [-0.1, -0.05) is 0 Å². The zero-order valence-corrected chi connectivity index (χ0v) is 6.08. The van der Waals surface area contributed by atoms with E-state index in [2.05, 4.69) is 5.32 Å². The average Bonchev–Trinajstić information content (AvgIpc) is 2.71. The molecule has 0 amide bonds. The summed E-state index contributed by atoms with van der Waals surface area (Å²) in [6, 6.07) is 0.723. The monoisotopic (exact) mass is 145 g/mol. The first-order valence-corrected chi connectivity index (χ1v) is 3.84. The smallest absolute Gasteiger partial charge is 0.0585 e. The minimum atomic E-state index is 0.109. The van der Waals surface area contributed by atoms with E-state index < -0.39 is 0 Å². The van der Waals surface area contributed by atoms with Crippen molar-refractivity contribution in [3.8, 4) is 0 Å². The Morgan fingerprint density at radius 2 is 2.10 bits per heavy atom. The van der Waals surface area contributed by atoms with E-state index in [0.29, 0.717) is 12.5 Å². The van der Waals surface area contributed by atoms with Gasteiger partial charge in [0.1, 0.15) is 0 Å². The van der Waals surface area contributed by atoms with Crippen LogP contribution in [0, 0.1) is 0 Å². The minimum absolute atomic E-state index is 0.109. The highest BCUT2D eigenvalue weighted by Gasteiger charge is 2.23. The van der Waals surface area contributed by atoms with Crippen LogP contribution >= 0.6 is 0 Å². The SMILES string of the molecule is OCCC(CO)NC1CC1. The van der Waals surface area contributed by atoms with E-state index in [1.807, 2.05) is 0 Å². The second-order valence-electron chi connectivity index (χ2n) is 2.83. The van der Waals surface area contributed by atoms with Crippen LogP contribution in [-0.4, -0.2) is 35.5 Å². The second kappa shape index (κ2) is 3.91. The van der Waals surface area contributed by atoms with Crippen LogP contribution in [0.2, 0.25) is 0 Å². The third-order valence-electron chi connectivity index (χ3n) is 1.75. The maximum atomic E-state index is 8.76. The molecule has 0 aromatic rings. The number of aliphatic hydroxyl groups excluding tert-OH is 2. The largest absolute Gasteiger partial charge is 0.396 e. The van der Waals surface area contributed by atoms with E-state index >= 15 is 0 Å². The summed E-state index contributed by atoms with van der Waals surface area (Å²) in [6.07, 6.45) is 3.11. The molecular formula is C7H15NO2. The molecule has 0 radical (unpaired) electrons. The lowest BCUT2D eigenvalue weighted by Gasteiger charge is -2.13. The average molecular weight is 145 g/mol. The first kappa shape index (κ1) is 7.98. The molecule has 1 unspecified atom stereocenters. The van der Waals surface area contributed by atoms with E-state index in [9.17, 15) is 0 Å². The van der Waals surface area contributed by atoms with Crippen molar-refractivity contribution in [1.29, 1.82) is 0 Å². The molecule has 60 valence electrons. The Morgan fingerprint density at radius 1 is 1.40 bits per heavy atom. The zero-order valence-electron chi connectivity index (χ0n) is 6.08. The van der Waals surface area contributed by atoms with Gasteiger partial charge >= 0.3 is 0 Å². The van der Waals surface area contributed by atoms with Gasteiger partial charge in [0, 0.05) is 18.7 Å².